The quantitative estimate of drug-likeness (QED) is 0.896. The third kappa shape index (κ3) is 2.98. The van der Waals surface area contributed by atoms with Crippen LogP contribution in [-0.2, 0) is 6.54 Å². The summed E-state index contributed by atoms with van der Waals surface area (Å²) in [4.78, 5) is 0. The van der Waals surface area contributed by atoms with Crippen molar-refractivity contribution in [3.8, 4) is 5.75 Å². The molecule has 0 spiro atoms. The van der Waals surface area contributed by atoms with E-state index in [1.54, 1.807) is 7.11 Å². The first-order valence-corrected chi connectivity index (χ1v) is 6.53. The maximum absolute atomic E-state index is 5.22. The van der Waals surface area contributed by atoms with Gasteiger partial charge in [0.1, 0.15) is 5.75 Å². The maximum atomic E-state index is 5.22. The molecule has 1 fully saturated rings. The highest BCUT2D eigenvalue weighted by Gasteiger charge is 2.31. The molecule has 0 aliphatic heterocycles. The van der Waals surface area contributed by atoms with Gasteiger partial charge in [-0.3, -0.25) is 0 Å². The van der Waals surface area contributed by atoms with Crippen molar-refractivity contribution < 1.29 is 4.74 Å². The number of ether oxygens (including phenoxy) is 1. The van der Waals surface area contributed by atoms with Crippen LogP contribution in [0.15, 0.2) is 22.7 Å². The van der Waals surface area contributed by atoms with Crippen molar-refractivity contribution in [1.82, 2.24) is 5.32 Å². The summed E-state index contributed by atoms with van der Waals surface area (Å²) in [7, 11) is 1.70. The van der Waals surface area contributed by atoms with E-state index in [0.29, 0.717) is 0 Å². The van der Waals surface area contributed by atoms with Gasteiger partial charge in [0, 0.05) is 11.0 Å². The fourth-order valence-corrected chi connectivity index (χ4v) is 2.28. The first kappa shape index (κ1) is 11.9. The number of hydrogen-bond acceptors (Lipinski definition) is 2. The van der Waals surface area contributed by atoms with E-state index in [9.17, 15) is 0 Å². The molecule has 2 unspecified atom stereocenters. The summed E-state index contributed by atoms with van der Waals surface area (Å²) in [6.45, 7) is 4.35. The molecule has 16 heavy (non-hydrogen) atoms. The minimum atomic E-state index is 0.893. The smallest absolute Gasteiger partial charge is 0.119 e. The number of methoxy groups -OCH3 is 1. The van der Waals surface area contributed by atoms with Gasteiger partial charge in [-0.25, -0.2) is 0 Å². The molecule has 1 aliphatic carbocycles. The summed E-state index contributed by atoms with van der Waals surface area (Å²) >= 11 is 3.56. The standard InChI is InChI=1S/C13H18BrNO/c1-9-5-10(9)7-15-8-11-6-12(16-2)3-4-13(11)14/h3-4,6,9-10,15H,5,7-8H2,1-2H3. The molecule has 88 valence electrons. The van der Waals surface area contributed by atoms with Crippen LogP contribution in [0.4, 0.5) is 0 Å². The van der Waals surface area contributed by atoms with E-state index in [4.69, 9.17) is 4.74 Å². The van der Waals surface area contributed by atoms with Crippen LogP contribution in [0.1, 0.15) is 18.9 Å². The van der Waals surface area contributed by atoms with Crippen molar-refractivity contribution >= 4 is 15.9 Å². The van der Waals surface area contributed by atoms with E-state index in [0.717, 1.165) is 35.1 Å². The highest BCUT2D eigenvalue weighted by molar-refractivity contribution is 9.10. The zero-order valence-electron chi connectivity index (χ0n) is 9.79. The molecule has 1 saturated carbocycles. The molecule has 3 heteroatoms. The molecule has 0 heterocycles. The molecule has 1 aromatic carbocycles. The number of rotatable bonds is 5. The van der Waals surface area contributed by atoms with Gasteiger partial charge in [0.25, 0.3) is 0 Å². The van der Waals surface area contributed by atoms with Crippen molar-refractivity contribution in [3.05, 3.63) is 28.2 Å². The molecule has 2 nitrogen and oxygen atoms in total. The first-order valence-electron chi connectivity index (χ1n) is 5.74. The van der Waals surface area contributed by atoms with Crippen LogP contribution in [0.25, 0.3) is 0 Å². The molecule has 2 atom stereocenters. The lowest BCUT2D eigenvalue weighted by Crippen LogP contribution is -2.17. The molecular formula is C13H18BrNO. The van der Waals surface area contributed by atoms with Gasteiger partial charge in [0.05, 0.1) is 7.11 Å². The van der Waals surface area contributed by atoms with Crippen molar-refractivity contribution in [2.24, 2.45) is 11.8 Å². The van der Waals surface area contributed by atoms with Crippen LogP contribution >= 0.6 is 15.9 Å². The molecule has 0 bridgehead atoms. The highest BCUT2D eigenvalue weighted by Crippen LogP contribution is 2.36. The van der Waals surface area contributed by atoms with Crippen LogP contribution in [0.3, 0.4) is 0 Å². The lowest BCUT2D eigenvalue weighted by Gasteiger charge is -2.08. The first-order chi connectivity index (χ1) is 7.70. The fourth-order valence-electron chi connectivity index (χ4n) is 1.89. The molecule has 0 aromatic heterocycles. The van der Waals surface area contributed by atoms with Gasteiger partial charge in [-0.05, 0) is 48.6 Å². The summed E-state index contributed by atoms with van der Waals surface area (Å²) in [5.41, 5.74) is 1.26. The van der Waals surface area contributed by atoms with Gasteiger partial charge >= 0.3 is 0 Å². The summed E-state index contributed by atoms with van der Waals surface area (Å²) < 4.78 is 6.36. The second kappa shape index (κ2) is 5.19. The number of halogens is 1. The van der Waals surface area contributed by atoms with E-state index in [1.165, 1.54) is 12.0 Å². The van der Waals surface area contributed by atoms with Gasteiger partial charge < -0.3 is 10.1 Å². The van der Waals surface area contributed by atoms with E-state index in [1.807, 2.05) is 12.1 Å². The summed E-state index contributed by atoms with van der Waals surface area (Å²) in [6, 6.07) is 6.08. The monoisotopic (exact) mass is 283 g/mol. The molecule has 0 radical (unpaired) electrons. The zero-order chi connectivity index (χ0) is 11.5. The van der Waals surface area contributed by atoms with E-state index >= 15 is 0 Å². The molecule has 1 aliphatic rings. The summed E-state index contributed by atoms with van der Waals surface area (Å²) in [6.07, 6.45) is 1.38. The molecule has 1 aromatic rings. The molecule has 2 rings (SSSR count). The second-order valence-corrected chi connectivity index (χ2v) is 5.42. The zero-order valence-corrected chi connectivity index (χ0v) is 11.4. The average molecular weight is 284 g/mol. The lowest BCUT2D eigenvalue weighted by atomic mass is 10.2. The highest BCUT2D eigenvalue weighted by atomic mass is 79.9. The minimum Gasteiger partial charge on any atom is -0.497 e. The molecule has 0 saturated heterocycles. The Morgan fingerprint density at radius 2 is 2.25 bits per heavy atom. The van der Waals surface area contributed by atoms with Crippen molar-refractivity contribution in [1.29, 1.82) is 0 Å². The van der Waals surface area contributed by atoms with Crippen LogP contribution in [0, 0.1) is 11.8 Å². The van der Waals surface area contributed by atoms with E-state index < -0.39 is 0 Å². The van der Waals surface area contributed by atoms with Gasteiger partial charge in [-0.1, -0.05) is 22.9 Å². The number of hydrogen-bond donors (Lipinski definition) is 1. The van der Waals surface area contributed by atoms with Crippen LogP contribution in [0.2, 0.25) is 0 Å². The van der Waals surface area contributed by atoms with Crippen LogP contribution in [-0.4, -0.2) is 13.7 Å². The third-order valence-corrected chi connectivity index (χ3v) is 4.02. The SMILES string of the molecule is COc1ccc(Br)c(CNCC2CC2C)c1. The van der Waals surface area contributed by atoms with Crippen LogP contribution in [0.5, 0.6) is 5.75 Å². The number of benzene rings is 1. The molecular weight excluding hydrogens is 266 g/mol. The van der Waals surface area contributed by atoms with Crippen molar-refractivity contribution in [3.63, 3.8) is 0 Å². The average Bonchev–Trinajstić information content (AvgIpc) is 2.97. The minimum absolute atomic E-state index is 0.893. The Morgan fingerprint density at radius 3 is 2.88 bits per heavy atom. The Kier molecular flexibility index (Phi) is 3.87. The predicted molar refractivity (Wildman–Crippen MR) is 69.7 cm³/mol. The number of nitrogens with one attached hydrogen (secondary N) is 1. The van der Waals surface area contributed by atoms with E-state index in [2.05, 4.69) is 34.2 Å². The Bertz CT molecular complexity index is 367. The Morgan fingerprint density at radius 1 is 1.50 bits per heavy atom. The van der Waals surface area contributed by atoms with Gasteiger partial charge in [0.15, 0.2) is 0 Å². The van der Waals surface area contributed by atoms with E-state index in [-0.39, 0.29) is 0 Å². The van der Waals surface area contributed by atoms with Crippen LogP contribution < -0.4 is 10.1 Å². The van der Waals surface area contributed by atoms with Gasteiger partial charge in [-0.2, -0.15) is 0 Å². The van der Waals surface area contributed by atoms with Crippen molar-refractivity contribution in [2.75, 3.05) is 13.7 Å². The lowest BCUT2D eigenvalue weighted by molar-refractivity contribution is 0.414. The topological polar surface area (TPSA) is 21.3 Å². The maximum Gasteiger partial charge on any atom is 0.119 e. The van der Waals surface area contributed by atoms with Gasteiger partial charge in [0.2, 0.25) is 0 Å². The van der Waals surface area contributed by atoms with Gasteiger partial charge in [-0.15, -0.1) is 0 Å². The third-order valence-electron chi connectivity index (χ3n) is 3.25. The largest absolute Gasteiger partial charge is 0.497 e. The molecule has 1 N–H and O–H groups in total. The predicted octanol–water partition coefficient (Wildman–Crippen LogP) is 3.20. The van der Waals surface area contributed by atoms with Crippen molar-refractivity contribution in [2.45, 2.75) is 19.9 Å². The fraction of sp³-hybridized carbons (Fsp3) is 0.538. The summed E-state index contributed by atoms with van der Waals surface area (Å²) in [5, 5.41) is 3.50. The Labute approximate surface area is 106 Å². The normalized spacial score (nSPS) is 23.2. The Balaban J connectivity index is 1.87. The summed E-state index contributed by atoms with van der Waals surface area (Å²) in [5.74, 6) is 2.73. The Hall–Kier alpha value is -0.540. The second-order valence-electron chi connectivity index (χ2n) is 4.56. The molecule has 0 amide bonds.